The van der Waals surface area contributed by atoms with Crippen LogP contribution in [-0.4, -0.2) is 16.9 Å². The predicted octanol–water partition coefficient (Wildman–Crippen LogP) is 2.19. The third kappa shape index (κ3) is 3.49. The van der Waals surface area contributed by atoms with Gasteiger partial charge in [-0.15, -0.1) is 0 Å². The zero-order valence-electron chi connectivity index (χ0n) is 12.0. The van der Waals surface area contributed by atoms with E-state index in [1.165, 1.54) is 24.6 Å². The van der Waals surface area contributed by atoms with E-state index in [0.717, 1.165) is 19.3 Å². The molecule has 0 heterocycles. The van der Waals surface area contributed by atoms with Crippen LogP contribution in [0.25, 0.3) is 0 Å². The van der Waals surface area contributed by atoms with Crippen LogP contribution in [0.4, 0.5) is 11.4 Å². The van der Waals surface area contributed by atoms with Gasteiger partial charge in [-0.3, -0.25) is 20.8 Å². The molecule has 1 aliphatic carbocycles. The summed E-state index contributed by atoms with van der Waals surface area (Å²) in [7, 11) is 0. The Labute approximate surface area is 123 Å². The molecule has 0 spiro atoms. The fourth-order valence-electron chi connectivity index (χ4n) is 2.73. The predicted molar refractivity (Wildman–Crippen MR) is 79.8 cm³/mol. The number of carbonyl (C=O) groups is 1. The van der Waals surface area contributed by atoms with E-state index in [1.807, 2.05) is 0 Å². The molecule has 1 aromatic rings. The molecular formula is C14H20N4O3. The minimum Gasteiger partial charge on any atom is -0.349 e. The molecule has 1 fully saturated rings. The van der Waals surface area contributed by atoms with Crippen LogP contribution in [0.3, 0.4) is 0 Å². The van der Waals surface area contributed by atoms with Gasteiger partial charge >= 0.3 is 0 Å². The lowest BCUT2D eigenvalue weighted by Gasteiger charge is -2.29. The highest BCUT2D eigenvalue weighted by Gasteiger charge is 2.24. The minimum absolute atomic E-state index is 0.129. The van der Waals surface area contributed by atoms with Crippen molar-refractivity contribution in [3.8, 4) is 0 Å². The molecule has 0 aliphatic heterocycles. The number of anilines is 1. The molecule has 0 saturated heterocycles. The van der Waals surface area contributed by atoms with Crippen molar-refractivity contribution in [2.75, 3.05) is 5.43 Å². The first-order chi connectivity index (χ1) is 10.0. The second kappa shape index (κ2) is 6.53. The Morgan fingerprint density at radius 1 is 1.38 bits per heavy atom. The maximum Gasteiger partial charge on any atom is 0.293 e. The highest BCUT2D eigenvalue weighted by atomic mass is 16.6. The lowest BCUT2D eigenvalue weighted by molar-refractivity contribution is -0.384. The van der Waals surface area contributed by atoms with Gasteiger partial charge in [0.15, 0.2) is 0 Å². The second-order valence-corrected chi connectivity index (χ2v) is 5.48. The lowest BCUT2D eigenvalue weighted by Crippen LogP contribution is -2.41. The number of hydrogen-bond donors (Lipinski definition) is 3. The van der Waals surface area contributed by atoms with Crippen LogP contribution in [0.1, 0.15) is 43.0 Å². The Hall–Kier alpha value is -2.15. The number of amides is 1. The molecule has 1 saturated carbocycles. The van der Waals surface area contributed by atoms with E-state index in [2.05, 4.69) is 17.7 Å². The molecule has 1 aromatic carbocycles. The largest absolute Gasteiger partial charge is 0.349 e. The van der Waals surface area contributed by atoms with Crippen molar-refractivity contribution in [2.24, 2.45) is 11.8 Å². The first-order valence-corrected chi connectivity index (χ1v) is 7.09. The number of rotatable bonds is 4. The zero-order chi connectivity index (χ0) is 15.4. The smallest absolute Gasteiger partial charge is 0.293 e. The molecule has 1 amide bonds. The zero-order valence-corrected chi connectivity index (χ0v) is 12.0. The van der Waals surface area contributed by atoms with Gasteiger partial charge in [-0.1, -0.05) is 19.8 Å². The SMILES string of the molecule is CC1CCCCC1NC(=O)c1ccc([N+](=O)[O-])c(NN)c1. The molecule has 21 heavy (non-hydrogen) atoms. The number of hydrogen-bond acceptors (Lipinski definition) is 5. The highest BCUT2D eigenvalue weighted by Crippen LogP contribution is 2.26. The summed E-state index contributed by atoms with van der Waals surface area (Å²) in [6.07, 6.45) is 4.40. The summed E-state index contributed by atoms with van der Waals surface area (Å²) >= 11 is 0. The van der Waals surface area contributed by atoms with Gasteiger partial charge in [0, 0.05) is 17.7 Å². The maximum atomic E-state index is 12.3. The van der Waals surface area contributed by atoms with Gasteiger partial charge < -0.3 is 10.7 Å². The number of benzene rings is 1. The molecule has 0 aromatic heterocycles. The number of hydrazine groups is 1. The molecule has 7 heteroatoms. The van der Waals surface area contributed by atoms with Crippen LogP contribution < -0.4 is 16.6 Å². The van der Waals surface area contributed by atoms with Crippen molar-refractivity contribution in [2.45, 2.75) is 38.6 Å². The average Bonchev–Trinajstić information content (AvgIpc) is 2.48. The van der Waals surface area contributed by atoms with Gasteiger partial charge in [-0.25, -0.2) is 0 Å². The van der Waals surface area contributed by atoms with Crippen LogP contribution in [-0.2, 0) is 0 Å². The van der Waals surface area contributed by atoms with Crippen molar-refractivity contribution in [3.63, 3.8) is 0 Å². The number of carbonyl (C=O) groups excluding carboxylic acids is 1. The van der Waals surface area contributed by atoms with Crippen LogP contribution >= 0.6 is 0 Å². The average molecular weight is 292 g/mol. The van der Waals surface area contributed by atoms with Crippen molar-refractivity contribution in [3.05, 3.63) is 33.9 Å². The minimum atomic E-state index is -0.542. The number of nitro benzene ring substituents is 1. The Morgan fingerprint density at radius 2 is 2.10 bits per heavy atom. The molecular weight excluding hydrogens is 272 g/mol. The van der Waals surface area contributed by atoms with Crippen LogP contribution in [0.15, 0.2) is 18.2 Å². The first kappa shape index (κ1) is 15.2. The molecule has 7 nitrogen and oxygen atoms in total. The Morgan fingerprint density at radius 3 is 2.71 bits per heavy atom. The monoisotopic (exact) mass is 292 g/mol. The summed E-state index contributed by atoms with van der Waals surface area (Å²) in [5.74, 6) is 5.51. The van der Waals surface area contributed by atoms with Gasteiger partial charge in [-0.05, 0) is 30.9 Å². The summed E-state index contributed by atoms with van der Waals surface area (Å²) in [5, 5.41) is 13.8. The molecule has 0 radical (unpaired) electrons. The molecule has 4 N–H and O–H groups in total. The van der Waals surface area contributed by atoms with Crippen LogP contribution in [0.5, 0.6) is 0 Å². The fourth-order valence-corrected chi connectivity index (χ4v) is 2.73. The number of nitro groups is 1. The Bertz CT molecular complexity index is 547. The lowest BCUT2D eigenvalue weighted by atomic mass is 9.86. The van der Waals surface area contributed by atoms with Crippen molar-refractivity contribution >= 4 is 17.3 Å². The number of nitrogens with zero attached hydrogens (tertiary/aromatic N) is 1. The number of nitrogen functional groups attached to an aromatic ring is 1. The van der Waals surface area contributed by atoms with E-state index in [0.29, 0.717) is 11.5 Å². The molecule has 114 valence electrons. The van der Waals surface area contributed by atoms with E-state index >= 15 is 0 Å². The Kier molecular flexibility index (Phi) is 4.74. The van der Waals surface area contributed by atoms with Crippen molar-refractivity contribution in [1.29, 1.82) is 0 Å². The van der Waals surface area contributed by atoms with E-state index in [9.17, 15) is 14.9 Å². The quantitative estimate of drug-likeness (QED) is 0.447. The molecule has 2 rings (SSSR count). The number of nitrogens with two attached hydrogens (primary N) is 1. The first-order valence-electron chi connectivity index (χ1n) is 7.09. The van der Waals surface area contributed by atoms with Crippen molar-refractivity contribution < 1.29 is 9.72 Å². The third-order valence-electron chi connectivity index (χ3n) is 4.04. The van der Waals surface area contributed by atoms with Gasteiger partial charge in [-0.2, -0.15) is 0 Å². The maximum absolute atomic E-state index is 12.3. The summed E-state index contributed by atoms with van der Waals surface area (Å²) in [5.41, 5.74) is 2.61. The van der Waals surface area contributed by atoms with E-state index < -0.39 is 4.92 Å². The molecule has 2 atom stereocenters. The van der Waals surface area contributed by atoms with Gasteiger partial charge in [0.2, 0.25) is 0 Å². The van der Waals surface area contributed by atoms with Gasteiger partial charge in [0.25, 0.3) is 11.6 Å². The van der Waals surface area contributed by atoms with E-state index in [4.69, 9.17) is 5.84 Å². The topological polar surface area (TPSA) is 110 Å². The fraction of sp³-hybridized carbons (Fsp3) is 0.500. The second-order valence-electron chi connectivity index (χ2n) is 5.48. The van der Waals surface area contributed by atoms with Crippen LogP contribution in [0.2, 0.25) is 0 Å². The number of nitrogens with one attached hydrogen (secondary N) is 2. The summed E-state index contributed by atoms with van der Waals surface area (Å²) in [6.45, 7) is 2.13. The van der Waals surface area contributed by atoms with E-state index in [1.54, 1.807) is 0 Å². The standard InChI is InChI=1S/C14H20N4O3/c1-9-4-2-3-5-11(9)16-14(19)10-6-7-13(18(20)21)12(8-10)17-15/h6-9,11,17H,2-5,15H2,1H3,(H,16,19). The highest BCUT2D eigenvalue weighted by molar-refractivity contribution is 5.96. The van der Waals surface area contributed by atoms with Gasteiger partial charge in [0.05, 0.1) is 4.92 Å². The van der Waals surface area contributed by atoms with Gasteiger partial charge in [0.1, 0.15) is 5.69 Å². The third-order valence-corrected chi connectivity index (χ3v) is 4.04. The summed E-state index contributed by atoms with van der Waals surface area (Å²) in [6, 6.07) is 4.30. The molecule has 2 unspecified atom stereocenters. The van der Waals surface area contributed by atoms with Crippen LogP contribution in [0, 0.1) is 16.0 Å². The molecule has 0 bridgehead atoms. The normalized spacial score (nSPS) is 21.6. The summed E-state index contributed by atoms with van der Waals surface area (Å²) < 4.78 is 0. The van der Waals surface area contributed by atoms with E-state index in [-0.39, 0.29) is 23.3 Å². The Balaban J connectivity index is 2.13. The molecule has 1 aliphatic rings. The summed E-state index contributed by atoms with van der Waals surface area (Å²) in [4.78, 5) is 22.5. The van der Waals surface area contributed by atoms with Crippen molar-refractivity contribution in [1.82, 2.24) is 5.32 Å².